The van der Waals surface area contributed by atoms with Crippen molar-refractivity contribution in [2.75, 3.05) is 19.1 Å². The van der Waals surface area contributed by atoms with E-state index in [0.717, 1.165) is 0 Å². The fourth-order valence-electron chi connectivity index (χ4n) is 0.302. The van der Waals surface area contributed by atoms with Gasteiger partial charge >= 0.3 is 6.05 Å². The van der Waals surface area contributed by atoms with Crippen molar-refractivity contribution in [3.8, 4) is 0 Å². The van der Waals surface area contributed by atoms with Crippen LogP contribution in [0.4, 0.5) is 8.78 Å². The third-order valence-corrected chi connectivity index (χ3v) is 0.919. The maximum absolute atomic E-state index is 12.0. The molecule has 0 saturated heterocycles. The highest BCUT2D eigenvalue weighted by Crippen LogP contribution is 2.13. The molecule has 0 aliphatic rings. The summed E-state index contributed by atoms with van der Waals surface area (Å²) in [6, 6.07) is -4.01. The van der Waals surface area contributed by atoms with Gasteiger partial charge in [0.2, 0.25) is 0 Å². The van der Waals surface area contributed by atoms with Gasteiger partial charge in [-0.3, -0.25) is 10.1 Å². The molecule has 0 atom stereocenters. The zero-order valence-corrected chi connectivity index (χ0v) is 6.18. The quantitative estimate of drug-likeness (QED) is 0.214. The highest BCUT2D eigenvalue weighted by Gasteiger charge is 2.43. The van der Waals surface area contributed by atoms with Crippen LogP contribution >= 0.6 is 11.6 Å². The van der Waals surface area contributed by atoms with Crippen LogP contribution < -0.4 is 0 Å². The number of halogens is 3. The van der Waals surface area contributed by atoms with Crippen LogP contribution in [0.15, 0.2) is 0 Å². The van der Waals surface area contributed by atoms with E-state index in [1.807, 2.05) is 0 Å². The average molecular weight is 190 g/mol. The second-order valence-corrected chi connectivity index (χ2v) is 2.04. The zero-order chi connectivity index (χ0) is 8.91. The van der Waals surface area contributed by atoms with E-state index in [0.29, 0.717) is 0 Å². The molecule has 0 aromatic heterocycles. The normalized spacial score (nSPS) is 11.5. The summed E-state index contributed by atoms with van der Waals surface area (Å²) in [6.45, 7) is -1.35. The van der Waals surface area contributed by atoms with E-state index in [9.17, 15) is 18.9 Å². The Kier molecular flexibility index (Phi) is 4.20. The molecule has 0 heterocycles. The van der Waals surface area contributed by atoms with Crippen LogP contribution in [0.3, 0.4) is 0 Å². The minimum atomic E-state index is -4.01. The SMILES string of the molecule is O=[N+]([O-])C(F)(F)COCCCl. The summed E-state index contributed by atoms with van der Waals surface area (Å²) in [5.74, 6) is 0.0355. The van der Waals surface area contributed by atoms with Crippen LogP contribution in [0.5, 0.6) is 0 Å². The Morgan fingerprint density at radius 1 is 1.64 bits per heavy atom. The van der Waals surface area contributed by atoms with Crippen LogP contribution in [0.1, 0.15) is 0 Å². The molecule has 0 amide bonds. The Labute approximate surface area is 66.2 Å². The fraction of sp³-hybridized carbons (Fsp3) is 1.00. The number of hydrogen-bond acceptors (Lipinski definition) is 3. The molecule has 11 heavy (non-hydrogen) atoms. The molecule has 0 aliphatic heterocycles. The predicted octanol–water partition coefficient (Wildman–Crippen LogP) is 1.11. The van der Waals surface area contributed by atoms with E-state index in [1.54, 1.807) is 0 Å². The van der Waals surface area contributed by atoms with Crippen molar-refractivity contribution in [2.45, 2.75) is 6.05 Å². The number of ether oxygens (including phenoxy) is 1. The van der Waals surface area contributed by atoms with Crippen molar-refractivity contribution >= 4 is 11.6 Å². The maximum atomic E-state index is 12.0. The molecule has 0 radical (unpaired) electrons. The lowest BCUT2D eigenvalue weighted by atomic mass is 10.6. The summed E-state index contributed by atoms with van der Waals surface area (Å²) in [5.41, 5.74) is 0. The van der Waals surface area contributed by atoms with Gasteiger partial charge in [-0.15, -0.1) is 20.4 Å². The van der Waals surface area contributed by atoms with E-state index >= 15 is 0 Å². The first-order valence-corrected chi connectivity index (χ1v) is 3.20. The Bertz CT molecular complexity index is 143. The van der Waals surface area contributed by atoms with E-state index in [4.69, 9.17) is 11.6 Å². The van der Waals surface area contributed by atoms with Gasteiger partial charge < -0.3 is 4.74 Å². The van der Waals surface area contributed by atoms with E-state index in [1.165, 1.54) is 0 Å². The number of hydrogen-bond donors (Lipinski definition) is 0. The molecular weight excluding hydrogens is 183 g/mol. The second kappa shape index (κ2) is 4.40. The average Bonchev–Trinajstić information content (AvgIpc) is 1.88. The Morgan fingerprint density at radius 2 is 2.18 bits per heavy atom. The molecule has 4 nitrogen and oxygen atoms in total. The summed E-state index contributed by atoms with van der Waals surface area (Å²) < 4.78 is 28.2. The van der Waals surface area contributed by atoms with Crippen molar-refractivity contribution in [1.29, 1.82) is 0 Å². The molecule has 0 unspecified atom stereocenters. The Balaban J connectivity index is 3.64. The molecular formula is C4H6ClF2NO3. The smallest absolute Gasteiger partial charge is 0.366 e. The first-order valence-electron chi connectivity index (χ1n) is 2.66. The van der Waals surface area contributed by atoms with E-state index < -0.39 is 17.6 Å². The summed E-state index contributed by atoms with van der Waals surface area (Å²) >= 11 is 5.07. The first kappa shape index (κ1) is 10.5. The summed E-state index contributed by atoms with van der Waals surface area (Å²) in [4.78, 5) is 7.86. The van der Waals surface area contributed by atoms with Gasteiger partial charge in [-0.05, 0) is 0 Å². The van der Waals surface area contributed by atoms with Crippen LogP contribution in [0, 0.1) is 10.1 Å². The van der Waals surface area contributed by atoms with Crippen LogP contribution in [0.2, 0.25) is 0 Å². The molecule has 0 bridgehead atoms. The molecule has 0 fully saturated rings. The highest BCUT2D eigenvalue weighted by atomic mass is 35.5. The second-order valence-electron chi connectivity index (χ2n) is 1.66. The van der Waals surface area contributed by atoms with Gasteiger partial charge in [-0.2, -0.15) is 0 Å². The summed E-state index contributed by atoms with van der Waals surface area (Å²) in [6.07, 6.45) is 0. The van der Waals surface area contributed by atoms with Gasteiger partial charge in [0.05, 0.1) is 11.5 Å². The molecule has 0 rings (SSSR count). The number of nitro groups is 1. The zero-order valence-electron chi connectivity index (χ0n) is 5.43. The lowest BCUT2D eigenvalue weighted by molar-refractivity contribution is -0.647. The third kappa shape index (κ3) is 4.05. The number of alkyl halides is 3. The Hall–Kier alpha value is -0.490. The van der Waals surface area contributed by atoms with Crippen molar-refractivity contribution in [3.05, 3.63) is 10.1 Å². The largest absolute Gasteiger partial charge is 0.534 e. The van der Waals surface area contributed by atoms with Gasteiger partial charge in [-0.25, -0.2) is 0 Å². The standard InChI is InChI=1S/C4H6ClF2NO3/c5-1-2-11-3-4(6,7)8(9)10/h1-3H2. The van der Waals surface area contributed by atoms with E-state index in [2.05, 4.69) is 4.74 Å². The minimum Gasteiger partial charge on any atom is -0.366 e. The molecule has 7 heteroatoms. The van der Waals surface area contributed by atoms with Crippen molar-refractivity contribution in [1.82, 2.24) is 0 Å². The molecule has 0 N–H and O–H groups in total. The highest BCUT2D eigenvalue weighted by molar-refractivity contribution is 6.17. The molecule has 0 aromatic carbocycles. The summed E-state index contributed by atoms with van der Waals surface area (Å²) in [5, 5.41) is 9.56. The van der Waals surface area contributed by atoms with Crippen molar-refractivity contribution in [3.63, 3.8) is 0 Å². The molecule has 0 spiro atoms. The number of nitrogens with zero attached hydrogens (tertiary/aromatic N) is 1. The van der Waals surface area contributed by atoms with Crippen LogP contribution in [-0.2, 0) is 4.74 Å². The number of rotatable bonds is 5. The van der Waals surface area contributed by atoms with Crippen molar-refractivity contribution in [2.24, 2.45) is 0 Å². The van der Waals surface area contributed by atoms with Gasteiger partial charge in [0.1, 0.15) is 0 Å². The Morgan fingerprint density at radius 3 is 2.55 bits per heavy atom. The monoisotopic (exact) mass is 189 g/mol. The van der Waals surface area contributed by atoms with Gasteiger partial charge in [0.25, 0.3) is 0 Å². The van der Waals surface area contributed by atoms with Crippen LogP contribution in [0.25, 0.3) is 0 Å². The minimum absolute atomic E-state index is 0.0355. The summed E-state index contributed by atoms with van der Waals surface area (Å²) in [7, 11) is 0. The van der Waals surface area contributed by atoms with Gasteiger partial charge in [0, 0.05) is 5.88 Å². The lowest BCUT2D eigenvalue weighted by Gasteiger charge is -2.06. The van der Waals surface area contributed by atoms with E-state index in [-0.39, 0.29) is 12.5 Å². The lowest BCUT2D eigenvalue weighted by Crippen LogP contribution is -2.33. The molecule has 0 aromatic rings. The topological polar surface area (TPSA) is 52.4 Å². The molecule has 0 aliphatic carbocycles. The first-order chi connectivity index (χ1) is 5.00. The van der Waals surface area contributed by atoms with Crippen molar-refractivity contribution < 1.29 is 18.4 Å². The third-order valence-electron chi connectivity index (χ3n) is 0.764. The maximum Gasteiger partial charge on any atom is 0.534 e. The van der Waals surface area contributed by atoms with Crippen LogP contribution in [-0.4, -0.2) is 30.1 Å². The van der Waals surface area contributed by atoms with Gasteiger partial charge in [-0.1, -0.05) is 0 Å². The predicted molar refractivity (Wildman–Crippen MR) is 33.5 cm³/mol. The molecule has 66 valence electrons. The molecule has 0 saturated carbocycles. The fourth-order valence-corrected chi connectivity index (χ4v) is 0.411. The van der Waals surface area contributed by atoms with Gasteiger partial charge in [0.15, 0.2) is 6.61 Å².